The van der Waals surface area contributed by atoms with Crippen LogP contribution in [0, 0.1) is 0 Å². The molecule has 0 spiro atoms. The van der Waals surface area contributed by atoms with Crippen molar-refractivity contribution in [3.8, 4) is 22.3 Å². The van der Waals surface area contributed by atoms with Crippen LogP contribution < -0.4 is 4.90 Å². The molecule has 0 saturated carbocycles. The zero-order valence-corrected chi connectivity index (χ0v) is 28.3. The van der Waals surface area contributed by atoms with Gasteiger partial charge >= 0.3 is 0 Å². The van der Waals surface area contributed by atoms with Gasteiger partial charge in [0.2, 0.25) is 0 Å². The summed E-state index contributed by atoms with van der Waals surface area (Å²) in [5.41, 5.74) is 11.2. The molecule has 0 unspecified atom stereocenters. The molecule has 0 saturated heterocycles. The Balaban J connectivity index is 1.30. The molecule has 49 heavy (non-hydrogen) atoms. The van der Waals surface area contributed by atoms with Gasteiger partial charge in [0.15, 0.2) is 0 Å². The molecule has 1 heterocycles. The summed E-state index contributed by atoms with van der Waals surface area (Å²) >= 11 is 1.88. The molecule has 1 aromatic heterocycles. The third-order valence-corrected chi connectivity index (χ3v) is 11.8. The predicted octanol–water partition coefficient (Wildman–Crippen LogP) is 13.8. The highest BCUT2D eigenvalue weighted by Gasteiger charge is 2.38. The Labute approximate surface area is 290 Å². The zero-order valence-electron chi connectivity index (χ0n) is 27.4. The summed E-state index contributed by atoms with van der Waals surface area (Å²) in [6.45, 7) is 4.73. The van der Waals surface area contributed by atoms with Gasteiger partial charge in [-0.2, -0.15) is 0 Å². The first-order valence-corrected chi connectivity index (χ1v) is 17.8. The molecular weight excluding hydrogens is 611 g/mol. The Bertz CT molecular complexity index is 2770. The summed E-state index contributed by atoms with van der Waals surface area (Å²) in [4.78, 5) is 2.54. The summed E-state index contributed by atoms with van der Waals surface area (Å²) in [6.07, 6.45) is 0. The van der Waals surface area contributed by atoms with Gasteiger partial charge in [0.05, 0.1) is 17.1 Å². The van der Waals surface area contributed by atoms with Crippen LogP contribution in [-0.4, -0.2) is 0 Å². The molecule has 9 aromatic rings. The lowest BCUT2D eigenvalue weighted by molar-refractivity contribution is 0.660. The van der Waals surface area contributed by atoms with Crippen molar-refractivity contribution >= 4 is 70.1 Å². The summed E-state index contributed by atoms with van der Waals surface area (Å²) in [7, 11) is 0. The van der Waals surface area contributed by atoms with Crippen LogP contribution in [0.15, 0.2) is 164 Å². The van der Waals surface area contributed by atoms with Gasteiger partial charge in [-0.05, 0) is 80.9 Å². The van der Waals surface area contributed by atoms with E-state index < -0.39 is 0 Å². The maximum Gasteiger partial charge on any atom is 0.0543 e. The number of para-hydroxylation sites is 1. The van der Waals surface area contributed by atoms with Crippen molar-refractivity contribution in [1.82, 2.24) is 0 Å². The van der Waals surface area contributed by atoms with Crippen LogP contribution in [0.4, 0.5) is 17.1 Å². The highest BCUT2D eigenvalue weighted by atomic mass is 32.1. The standard InChI is InChI=1S/C47H33NS/c1-47(2)39-19-8-5-18-36(39)46-40(47)20-12-23-43(46)48(41-21-9-6-16-34(41)33-26-25-30-13-3-4-14-31(30)27-33)42-22-11-15-32-28-38-35-17-7-10-24-44(35)49-45(38)29-37(32)42/h3-29H,1-2H3. The number of rotatable bonds is 4. The summed E-state index contributed by atoms with van der Waals surface area (Å²) in [5, 5.41) is 7.64. The Morgan fingerprint density at radius 3 is 2.02 bits per heavy atom. The maximum absolute atomic E-state index is 2.54. The normalized spacial score (nSPS) is 13.3. The molecule has 8 aromatic carbocycles. The fourth-order valence-electron chi connectivity index (χ4n) is 8.26. The predicted molar refractivity (Wildman–Crippen MR) is 212 cm³/mol. The number of nitrogens with zero attached hydrogens (tertiary/aromatic N) is 1. The fraction of sp³-hybridized carbons (Fsp3) is 0.0638. The van der Waals surface area contributed by atoms with Gasteiger partial charge < -0.3 is 4.90 Å². The smallest absolute Gasteiger partial charge is 0.0543 e. The first kappa shape index (κ1) is 28.3. The first-order chi connectivity index (χ1) is 24.1. The highest BCUT2D eigenvalue weighted by molar-refractivity contribution is 7.25. The highest BCUT2D eigenvalue weighted by Crippen LogP contribution is 2.55. The molecule has 0 radical (unpaired) electrons. The Hall–Kier alpha value is -5.70. The molecule has 10 rings (SSSR count). The van der Waals surface area contributed by atoms with Gasteiger partial charge in [0.1, 0.15) is 0 Å². The molecular formula is C47H33NS. The Kier molecular flexibility index (Phi) is 6.16. The minimum Gasteiger partial charge on any atom is -0.309 e. The summed E-state index contributed by atoms with van der Waals surface area (Å²) in [6, 6.07) is 60.7. The molecule has 0 amide bonds. The summed E-state index contributed by atoms with van der Waals surface area (Å²) < 4.78 is 2.64. The molecule has 2 heteroatoms. The van der Waals surface area contributed by atoms with Crippen LogP contribution in [0.2, 0.25) is 0 Å². The second-order valence-corrected chi connectivity index (χ2v) is 14.8. The van der Waals surface area contributed by atoms with Crippen molar-refractivity contribution in [2.45, 2.75) is 19.3 Å². The van der Waals surface area contributed by atoms with E-state index in [1.165, 1.54) is 86.5 Å². The number of thiophene rings is 1. The van der Waals surface area contributed by atoms with Gasteiger partial charge in [0.25, 0.3) is 0 Å². The van der Waals surface area contributed by atoms with E-state index >= 15 is 0 Å². The molecule has 0 atom stereocenters. The van der Waals surface area contributed by atoms with Crippen molar-refractivity contribution in [2.24, 2.45) is 0 Å². The average molecular weight is 644 g/mol. The Morgan fingerprint density at radius 2 is 1.10 bits per heavy atom. The largest absolute Gasteiger partial charge is 0.309 e. The van der Waals surface area contributed by atoms with Crippen LogP contribution in [0.3, 0.4) is 0 Å². The van der Waals surface area contributed by atoms with Gasteiger partial charge in [-0.15, -0.1) is 11.3 Å². The minimum atomic E-state index is -0.104. The van der Waals surface area contributed by atoms with E-state index in [0.717, 1.165) is 5.69 Å². The number of anilines is 3. The van der Waals surface area contributed by atoms with E-state index in [4.69, 9.17) is 0 Å². The van der Waals surface area contributed by atoms with Crippen molar-refractivity contribution in [3.63, 3.8) is 0 Å². The zero-order chi connectivity index (χ0) is 32.7. The van der Waals surface area contributed by atoms with E-state index in [1.807, 2.05) is 11.3 Å². The molecule has 1 aliphatic rings. The topological polar surface area (TPSA) is 3.24 Å². The monoisotopic (exact) mass is 643 g/mol. The van der Waals surface area contributed by atoms with Crippen molar-refractivity contribution in [3.05, 3.63) is 175 Å². The van der Waals surface area contributed by atoms with E-state index in [9.17, 15) is 0 Å². The van der Waals surface area contributed by atoms with Gasteiger partial charge in [-0.3, -0.25) is 0 Å². The fourth-order valence-corrected chi connectivity index (χ4v) is 9.38. The number of benzene rings is 8. The van der Waals surface area contributed by atoms with Gasteiger partial charge in [-0.1, -0.05) is 135 Å². The van der Waals surface area contributed by atoms with Crippen LogP contribution in [0.5, 0.6) is 0 Å². The van der Waals surface area contributed by atoms with Crippen LogP contribution in [-0.2, 0) is 5.41 Å². The Morgan fingerprint density at radius 1 is 0.429 bits per heavy atom. The molecule has 232 valence electrons. The van der Waals surface area contributed by atoms with E-state index in [1.54, 1.807) is 0 Å². The third-order valence-electron chi connectivity index (χ3n) is 10.6. The third kappa shape index (κ3) is 4.24. The van der Waals surface area contributed by atoms with Crippen molar-refractivity contribution < 1.29 is 0 Å². The van der Waals surface area contributed by atoms with E-state index in [0.29, 0.717) is 0 Å². The second-order valence-electron chi connectivity index (χ2n) is 13.7. The first-order valence-electron chi connectivity index (χ1n) is 17.0. The van der Waals surface area contributed by atoms with Crippen LogP contribution in [0.1, 0.15) is 25.0 Å². The van der Waals surface area contributed by atoms with Crippen molar-refractivity contribution in [1.29, 1.82) is 0 Å². The lowest BCUT2D eigenvalue weighted by Gasteiger charge is -2.31. The molecule has 0 N–H and O–H groups in total. The quantitative estimate of drug-likeness (QED) is 0.184. The molecule has 0 aliphatic heterocycles. The second kappa shape index (κ2) is 10.7. The average Bonchev–Trinajstić information content (AvgIpc) is 3.62. The molecule has 1 aliphatic carbocycles. The SMILES string of the molecule is CC1(C)c2ccccc2-c2c(N(c3ccccc3-c3ccc4ccccc4c3)c3cccc4cc5c(cc34)sc3ccccc35)cccc21. The minimum absolute atomic E-state index is 0.104. The maximum atomic E-state index is 2.54. The lowest BCUT2D eigenvalue weighted by Crippen LogP contribution is -2.16. The van der Waals surface area contributed by atoms with Crippen LogP contribution >= 0.6 is 11.3 Å². The molecule has 0 fully saturated rings. The van der Waals surface area contributed by atoms with Gasteiger partial charge in [-0.25, -0.2) is 0 Å². The van der Waals surface area contributed by atoms with Gasteiger partial charge in [0, 0.05) is 42.1 Å². The van der Waals surface area contributed by atoms with E-state index in [-0.39, 0.29) is 5.41 Å². The number of hydrogen-bond donors (Lipinski definition) is 0. The summed E-state index contributed by atoms with van der Waals surface area (Å²) in [5.74, 6) is 0. The molecule has 1 nitrogen and oxygen atoms in total. The van der Waals surface area contributed by atoms with Crippen molar-refractivity contribution in [2.75, 3.05) is 4.90 Å². The van der Waals surface area contributed by atoms with E-state index in [2.05, 4.69) is 183 Å². The number of fused-ring (bicyclic) bond motifs is 8. The number of hydrogen-bond acceptors (Lipinski definition) is 2. The lowest BCUT2D eigenvalue weighted by atomic mass is 9.82. The molecule has 0 bridgehead atoms. The van der Waals surface area contributed by atoms with Crippen LogP contribution in [0.25, 0.3) is 64.0 Å².